The van der Waals surface area contributed by atoms with Crippen molar-refractivity contribution in [3.63, 3.8) is 0 Å². The molecule has 0 saturated carbocycles. The zero-order valence-corrected chi connectivity index (χ0v) is 17.2. The first kappa shape index (κ1) is 21.9. The second kappa shape index (κ2) is 8.32. The number of carbonyl (C=O) groups is 1. The fraction of sp³-hybridized carbons (Fsp3) is 0.174. The predicted molar refractivity (Wildman–Crippen MR) is 112 cm³/mol. The molecule has 2 atom stereocenters. The van der Waals surface area contributed by atoms with Crippen LogP contribution in [0.4, 0.5) is 0 Å². The Hall–Kier alpha value is -4.31. The molecular formula is C23H20O10. The van der Waals surface area contributed by atoms with Crippen LogP contribution < -0.4 is 14.2 Å². The summed E-state index contributed by atoms with van der Waals surface area (Å²) in [4.78, 5) is 12.6. The number of rotatable bonds is 4. The van der Waals surface area contributed by atoms with Gasteiger partial charge in [-0.25, -0.2) is 4.79 Å². The van der Waals surface area contributed by atoms with Crippen LogP contribution in [0, 0.1) is 0 Å². The molecule has 33 heavy (non-hydrogen) atoms. The number of esters is 1. The topological polar surface area (TPSA) is 166 Å². The van der Waals surface area contributed by atoms with Gasteiger partial charge in [0.15, 0.2) is 23.0 Å². The van der Waals surface area contributed by atoms with Crippen LogP contribution in [0.5, 0.6) is 46.0 Å². The minimum atomic E-state index is -1.08. The van der Waals surface area contributed by atoms with Crippen LogP contribution in [0.25, 0.3) is 0 Å². The third kappa shape index (κ3) is 4.11. The van der Waals surface area contributed by atoms with Crippen molar-refractivity contribution in [3.05, 3.63) is 59.2 Å². The molecule has 0 fully saturated rings. The number of phenols is 5. The van der Waals surface area contributed by atoms with Crippen molar-refractivity contribution in [1.82, 2.24) is 0 Å². The number of aliphatic hydroxyl groups is 1. The fourth-order valence-corrected chi connectivity index (χ4v) is 3.56. The van der Waals surface area contributed by atoms with E-state index in [9.17, 15) is 35.4 Å². The second-order valence-electron chi connectivity index (χ2n) is 7.41. The Morgan fingerprint density at radius 2 is 1.70 bits per heavy atom. The van der Waals surface area contributed by atoms with Crippen molar-refractivity contribution in [2.75, 3.05) is 7.11 Å². The number of hydrogen-bond acceptors (Lipinski definition) is 10. The Morgan fingerprint density at radius 3 is 2.42 bits per heavy atom. The number of carbonyl (C=O) groups excluding carboxylic acids is 1. The van der Waals surface area contributed by atoms with Crippen LogP contribution in [-0.2, 0) is 6.42 Å². The Kier molecular flexibility index (Phi) is 5.52. The van der Waals surface area contributed by atoms with E-state index >= 15 is 0 Å². The molecule has 0 radical (unpaired) electrons. The molecule has 1 aliphatic rings. The lowest BCUT2D eigenvalue weighted by atomic mass is 9.94. The molecule has 6 N–H and O–H groups in total. The summed E-state index contributed by atoms with van der Waals surface area (Å²) in [7, 11) is 1.24. The molecule has 0 saturated heterocycles. The van der Waals surface area contributed by atoms with Crippen LogP contribution in [0.15, 0.2) is 42.5 Å². The molecule has 1 aliphatic heterocycles. The Morgan fingerprint density at radius 1 is 0.939 bits per heavy atom. The smallest absolute Gasteiger partial charge is 0.343 e. The lowest BCUT2D eigenvalue weighted by Gasteiger charge is -2.31. The van der Waals surface area contributed by atoms with Crippen molar-refractivity contribution in [2.24, 2.45) is 0 Å². The number of ether oxygens (including phenoxy) is 3. The summed E-state index contributed by atoms with van der Waals surface area (Å²) in [5.74, 6) is -3.11. The van der Waals surface area contributed by atoms with Crippen molar-refractivity contribution in [2.45, 2.75) is 18.6 Å². The summed E-state index contributed by atoms with van der Waals surface area (Å²) < 4.78 is 15.9. The number of fused-ring (bicyclic) bond motifs is 1. The summed E-state index contributed by atoms with van der Waals surface area (Å²) in [6.45, 7) is 0. The third-order valence-corrected chi connectivity index (χ3v) is 5.21. The zero-order chi connectivity index (χ0) is 23.9. The molecular weight excluding hydrogens is 436 g/mol. The molecule has 0 spiro atoms. The summed E-state index contributed by atoms with van der Waals surface area (Å²) in [6.07, 6.45) is -2.00. The quantitative estimate of drug-likeness (QED) is 0.195. The van der Waals surface area contributed by atoms with Gasteiger partial charge in [-0.3, -0.25) is 0 Å². The van der Waals surface area contributed by atoms with E-state index in [2.05, 4.69) is 0 Å². The second-order valence-corrected chi connectivity index (χ2v) is 7.41. The van der Waals surface area contributed by atoms with Crippen molar-refractivity contribution in [1.29, 1.82) is 0 Å². The highest BCUT2D eigenvalue weighted by Crippen LogP contribution is 2.43. The Bertz CT molecular complexity index is 1240. The zero-order valence-electron chi connectivity index (χ0n) is 17.2. The van der Waals surface area contributed by atoms with Gasteiger partial charge in [0.1, 0.15) is 23.4 Å². The van der Waals surface area contributed by atoms with E-state index in [4.69, 9.17) is 14.2 Å². The van der Waals surface area contributed by atoms with Crippen LogP contribution in [0.3, 0.4) is 0 Å². The summed E-state index contributed by atoms with van der Waals surface area (Å²) in [5, 5.41) is 59.9. The SMILES string of the molecule is COc1cc(C(=O)Oc2cc([C@H]3Oc4cc(O)cc(O)c4C[C@H]3O)ccc2O)cc(O)c1O. The number of phenolic OH excluding ortho intramolecular Hbond substituents is 5. The molecule has 0 unspecified atom stereocenters. The molecule has 172 valence electrons. The highest BCUT2D eigenvalue weighted by Gasteiger charge is 2.32. The van der Waals surface area contributed by atoms with E-state index < -0.39 is 29.7 Å². The van der Waals surface area contributed by atoms with Gasteiger partial charge in [0, 0.05) is 24.1 Å². The fourth-order valence-electron chi connectivity index (χ4n) is 3.56. The maximum atomic E-state index is 12.6. The monoisotopic (exact) mass is 456 g/mol. The largest absolute Gasteiger partial charge is 0.508 e. The van der Waals surface area contributed by atoms with Crippen LogP contribution in [-0.4, -0.2) is 49.8 Å². The lowest BCUT2D eigenvalue weighted by molar-refractivity contribution is 0.0196. The first-order valence-electron chi connectivity index (χ1n) is 9.72. The van der Waals surface area contributed by atoms with Gasteiger partial charge < -0.3 is 44.8 Å². The molecule has 10 heteroatoms. The van der Waals surface area contributed by atoms with Gasteiger partial charge in [-0.2, -0.15) is 0 Å². The van der Waals surface area contributed by atoms with Crippen molar-refractivity contribution >= 4 is 5.97 Å². The van der Waals surface area contributed by atoms with E-state index in [0.29, 0.717) is 11.1 Å². The molecule has 3 aromatic rings. The molecule has 0 amide bonds. The molecule has 0 aromatic heterocycles. The summed E-state index contributed by atoms with van der Waals surface area (Å²) >= 11 is 0. The van der Waals surface area contributed by atoms with Crippen LogP contribution in [0.2, 0.25) is 0 Å². The number of methoxy groups -OCH3 is 1. The number of benzene rings is 3. The average molecular weight is 456 g/mol. The summed E-state index contributed by atoms with van der Waals surface area (Å²) in [6, 6.07) is 8.59. The maximum absolute atomic E-state index is 12.6. The van der Waals surface area contributed by atoms with Gasteiger partial charge in [-0.1, -0.05) is 6.07 Å². The van der Waals surface area contributed by atoms with Gasteiger partial charge in [-0.15, -0.1) is 0 Å². The predicted octanol–water partition coefficient (Wildman–Crippen LogP) is 2.48. The third-order valence-electron chi connectivity index (χ3n) is 5.21. The molecule has 0 bridgehead atoms. The van der Waals surface area contributed by atoms with E-state index in [0.717, 1.165) is 18.2 Å². The van der Waals surface area contributed by atoms with E-state index in [1.165, 1.54) is 31.4 Å². The highest BCUT2D eigenvalue weighted by molar-refractivity contribution is 5.93. The standard InChI is InChI=1S/C23H20O10/c1-31-20-6-11(4-16(27)21(20)29)23(30)33-19-5-10(2-3-14(19)25)22-17(28)9-13-15(26)7-12(24)8-18(13)32-22/h2-8,17,22,24-29H,9H2,1H3/t17-,22-/m1/s1. The van der Waals surface area contributed by atoms with E-state index in [1.54, 1.807) is 0 Å². The number of aliphatic hydroxyl groups excluding tert-OH is 1. The first-order chi connectivity index (χ1) is 15.7. The van der Waals surface area contributed by atoms with Gasteiger partial charge in [0.2, 0.25) is 5.75 Å². The van der Waals surface area contributed by atoms with Crippen molar-refractivity contribution < 1.29 is 49.6 Å². The molecule has 4 rings (SSSR count). The first-order valence-corrected chi connectivity index (χ1v) is 9.72. The van der Waals surface area contributed by atoms with Crippen LogP contribution >= 0.6 is 0 Å². The molecule has 10 nitrogen and oxygen atoms in total. The Balaban J connectivity index is 1.62. The van der Waals surface area contributed by atoms with Gasteiger partial charge in [0.25, 0.3) is 0 Å². The minimum Gasteiger partial charge on any atom is -0.508 e. The average Bonchev–Trinajstić information content (AvgIpc) is 2.77. The minimum absolute atomic E-state index is 0.0364. The number of hydrogen-bond donors (Lipinski definition) is 6. The van der Waals surface area contributed by atoms with Gasteiger partial charge >= 0.3 is 5.97 Å². The lowest BCUT2D eigenvalue weighted by Crippen LogP contribution is -2.30. The van der Waals surface area contributed by atoms with E-state index in [1.807, 2.05) is 0 Å². The summed E-state index contributed by atoms with van der Waals surface area (Å²) in [5.41, 5.74) is 0.534. The van der Waals surface area contributed by atoms with E-state index in [-0.39, 0.29) is 46.5 Å². The molecule has 1 heterocycles. The van der Waals surface area contributed by atoms with Crippen LogP contribution in [0.1, 0.15) is 27.6 Å². The molecule has 3 aromatic carbocycles. The highest BCUT2D eigenvalue weighted by atomic mass is 16.5. The maximum Gasteiger partial charge on any atom is 0.343 e. The van der Waals surface area contributed by atoms with Crippen molar-refractivity contribution in [3.8, 4) is 46.0 Å². The normalized spacial score (nSPS) is 17.0. The van der Waals surface area contributed by atoms with Gasteiger partial charge in [-0.05, 0) is 29.8 Å². The molecule has 0 aliphatic carbocycles. The van der Waals surface area contributed by atoms with Gasteiger partial charge in [0.05, 0.1) is 18.8 Å². The Labute approximate surface area is 187 Å². The number of aromatic hydroxyl groups is 5.